The van der Waals surface area contributed by atoms with Crippen molar-refractivity contribution in [3.63, 3.8) is 0 Å². The number of carboxylic acid groups (broad SMARTS) is 2. The molecule has 0 atom stereocenters. The van der Waals surface area contributed by atoms with Gasteiger partial charge in [-0.25, -0.2) is 4.79 Å². The first-order chi connectivity index (χ1) is 4.04. The number of hydrogen-bond acceptors (Lipinski definition) is 3. The Bertz CT molecular complexity index is 163. The lowest BCUT2D eigenvalue weighted by molar-refractivity contribution is -0.152. The summed E-state index contributed by atoms with van der Waals surface area (Å²) < 4.78 is 0. The highest BCUT2D eigenvalue weighted by molar-refractivity contribution is 8.93. The summed E-state index contributed by atoms with van der Waals surface area (Å²) >= 11 is 0. The van der Waals surface area contributed by atoms with Gasteiger partial charge in [0.1, 0.15) is 6.42 Å². The lowest BCUT2D eigenvalue weighted by Crippen LogP contribution is -2.16. The molecule has 58 valence electrons. The van der Waals surface area contributed by atoms with E-state index in [0.717, 1.165) is 0 Å². The van der Waals surface area contributed by atoms with Crippen LogP contribution in [0.2, 0.25) is 0 Å². The predicted molar refractivity (Wildman–Crippen MR) is 35.2 cm³/mol. The maximum atomic E-state index is 9.97. The number of halogens is 1. The summed E-state index contributed by atoms with van der Waals surface area (Å²) in [5.74, 6) is -4.44. The lowest BCUT2D eigenvalue weighted by atomic mass is 10.3. The molecule has 0 unspecified atom stereocenters. The number of rotatable bonds is 3. The molecule has 0 aromatic heterocycles. The van der Waals surface area contributed by atoms with E-state index in [9.17, 15) is 14.4 Å². The zero-order chi connectivity index (χ0) is 7.44. The third-order valence-corrected chi connectivity index (χ3v) is 0.550. The second-order valence-corrected chi connectivity index (χ2v) is 1.30. The average Bonchev–Trinajstić information content (AvgIpc) is 1.63. The summed E-state index contributed by atoms with van der Waals surface area (Å²) in [5, 5.41) is 15.7. The van der Waals surface area contributed by atoms with Crippen LogP contribution in [0.4, 0.5) is 0 Å². The molecule has 0 fully saturated rings. The summed E-state index contributed by atoms with van der Waals surface area (Å²) in [7, 11) is 0. The Kier molecular flexibility index (Phi) is 5.82. The van der Waals surface area contributed by atoms with Gasteiger partial charge in [0.2, 0.25) is 0 Å². The van der Waals surface area contributed by atoms with Crippen LogP contribution in [0.25, 0.3) is 0 Å². The Morgan fingerprint density at radius 3 is 1.60 bits per heavy atom. The second-order valence-electron chi connectivity index (χ2n) is 1.30. The van der Waals surface area contributed by atoms with Crippen LogP contribution in [0.1, 0.15) is 6.42 Å². The minimum atomic E-state index is -1.71. The number of hydrogen-bond donors (Lipinski definition) is 2. The molecule has 0 aromatic rings. The monoisotopic (exact) mass is 212 g/mol. The summed E-state index contributed by atoms with van der Waals surface area (Å²) in [6.45, 7) is 0. The average molecular weight is 213 g/mol. The third-order valence-electron chi connectivity index (χ3n) is 0.550. The zero-order valence-electron chi connectivity index (χ0n) is 4.73. The first kappa shape index (κ1) is 11.8. The summed E-state index contributed by atoms with van der Waals surface area (Å²) in [5.41, 5.74) is 0. The topological polar surface area (TPSA) is 91.7 Å². The third kappa shape index (κ3) is 5.23. The van der Waals surface area contributed by atoms with Crippen molar-refractivity contribution >= 4 is 34.7 Å². The van der Waals surface area contributed by atoms with E-state index in [1.54, 1.807) is 0 Å². The zero-order valence-corrected chi connectivity index (χ0v) is 6.45. The van der Waals surface area contributed by atoms with Crippen LogP contribution in [-0.4, -0.2) is 27.9 Å². The lowest BCUT2D eigenvalue weighted by Gasteiger charge is -1.85. The summed E-state index contributed by atoms with van der Waals surface area (Å²) in [6, 6.07) is 0. The highest BCUT2D eigenvalue weighted by atomic mass is 79.9. The molecule has 0 spiro atoms. The molecule has 10 heavy (non-hydrogen) atoms. The van der Waals surface area contributed by atoms with Crippen LogP contribution in [0, 0.1) is 0 Å². The van der Waals surface area contributed by atoms with Crippen molar-refractivity contribution in [2.45, 2.75) is 6.42 Å². The van der Waals surface area contributed by atoms with Crippen LogP contribution in [0.3, 0.4) is 0 Å². The number of aliphatic carboxylic acids is 2. The van der Waals surface area contributed by atoms with Gasteiger partial charge < -0.3 is 10.2 Å². The van der Waals surface area contributed by atoms with Crippen molar-refractivity contribution in [1.82, 2.24) is 0 Å². The van der Waals surface area contributed by atoms with Gasteiger partial charge in [-0.1, -0.05) is 0 Å². The Morgan fingerprint density at radius 2 is 1.50 bits per heavy atom. The van der Waals surface area contributed by atoms with Gasteiger partial charge in [0.05, 0.1) is 0 Å². The molecule has 5 nitrogen and oxygen atoms in total. The van der Waals surface area contributed by atoms with Gasteiger partial charge in [0, 0.05) is 0 Å². The molecule has 0 aliphatic carbocycles. The maximum Gasteiger partial charge on any atom is 0.372 e. The minimum absolute atomic E-state index is 0. The number of ketones is 1. The van der Waals surface area contributed by atoms with Crippen LogP contribution in [0.15, 0.2) is 0 Å². The maximum absolute atomic E-state index is 9.97. The smallest absolute Gasteiger partial charge is 0.372 e. The Labute approximate surface area is 66.4 Å². The SMILES string of the molecule is Br.O=C(O)CC(=O)C(=O)O. The molecule has 0 amide bonds. The van der Waals surface area contributed by atoms with Crippen LogP contribution in [0.5, 0.6) is 0 Å². The van der Waals surface area contributed by atoms with Crippen molar-refractivity contribution in [3.8, 4) is 0 Å². The molecule has 0 aromatic carbocycles. The summed E-state index contributed by atoms with van der Waals surface area (Å²) in [6.07, 6.45) is -0.949. The van der Waals surface area contributed by atoms with Gasteiger partial charge in [-0.3, -0.25) is 9.59 Å². The number of carbonyl (C=O) groups excluding carboxylic acids is 1. The van der Waals surface area contributed by atoms with E-state index in [1.807, 2.05) is 0 Å². The fourth-order valence-corrected chi connectivity index (χ4v) is 0.213. The van der Waals surface area contributed by atoms with E-state index in [2.05, 4.69) is 0 Å². The van der Waals surface area contributed by atoms with E-state index in [1.165, 1.54) is 0 Å². The van der Waals surface area contributed by atoms with E-state index >= 15 is 0 Å². The van der Waals surface area contributed by atoms with Gasteiger partial charge in [-0.15, -0.1) is 17.0 Å². The van der Waals surface area contributed by atoms with Crippen molar-refractivity contribution in [3.05, 3.63) is 0 Å². The highest BCUT2D eigenvalue weighted by Gasteiger charge is 2.14. The molecule has 6 heteroatoms. The summed E-state index contributed by atoms with van der Waals surface area (Å²) in [4.78, 5) is 29.2. The molecule has 0 aliphatic rings. The molecule has 2 N–H and O–H groups in total. The van der Waals surface area contributed by atoms with Gasteiger partial charge in [-0.2, -0.15) is 0 Å². The minimum Gasteiger partial charge on any atom is -0.481 e. The Balaban J connectivity index is 0. The van der Waals surface area contributed by atoms with E-state index in [4.69, 9.17) is 10.2 Å². The predicted octanol–water partition coefficient (Wildman–Crippen LogP) is -0.307. The number of carboxylic acids is 2. The number of carbonyl (C=O) groups is 3. The molecule has 0 bridgehead atoms. The van der Waals surface area contributed by atoms with Gasteiger partial charge in [0.15, 0.2) is 0 Å². The molecular weight excluding hydrogens is 208 g/mol. The first-order valence-electron chi connectivity index (χ1n) is 2.02. The molecule has 0 saturated carbocycles. The van der Waals surface area contributed by atoms with Crippen molar-refractivity contribution in [2.24, 2.45) is 0 Å². The van der Waals surface area contributed by atoms with E-state index in [-0.39, 0.29) is 17.0 Å². The van der Waals surface area contributed by atoms with Crippen molar-refractivity contribution in [1.29, 1.82) is 0 Å². The van der Waals surface area contributed by atoms with Gasteiger partial charge >= 0.3 is 11.9 Å². The van der Waals surface area contributed by atoms with Crippen LogP contribution >= 0.6 is 17.0 Å². The molecule has 0 rings (SSSR count). The highest BCUT2D eigenvalue weighted by Crippen LogP contribution is 1.81. The molecule has 0 saturated heterocycles. The molecule has 0 radical (unpaired) electrons. The van der Waals surface area contributed by atoms with Crippen molar-refractivity contribution in [2.75, 3.05) is 0 Å². The standard InChI is InChI=1S/C4H4O5.BrH/c5-2(4(8)9)1-3(6)7;/h1H2,(H,6,7)(H,8,9);1H. The normalized spacial score (nSPS) is 7.60. The van der Waals surface area contributed by atoms with Gasteiger partial charge in [-0.05, 0) is 0 Å². The van der Waals surface area contributed by atoms with Crippen molar-refractivity contribution < 1.29 is 24.6 Å². The fraction of sp³-hybridized carbons (Fsp3) is 0.250. The quantitative estimate of drug-likeness (QED) is 0.495. The van der Waals surface area contributed by atoms with Gasteiger partial charge in [0.25, 0.3) is 5.78 Å². The first-order valence-corrected chi connectivity index (χ1v) is 2.02. The Hall–Kier alpha value is -0.910. The second kappa shape index (κ2) is 4.92. The van der Waals surface area contributed by atoms with E-state index in [0.29, 0.717) is 0 Å². The molecule has 0 heterocycles. The Morgan fingerprint density at radius 1 is 1.10 bits per heavy atom. The van der Waals surface area contributed by atoms with E-state index < -0.39 is 24.1 Å². The molecule has 0 aliphatic heterocycles. The molecular formula is C4H5BrO5. The fourth-order valence-electron chi connectivity index (χ4n) is 0.213. The van der Waals surface area contributed by atoms with Crippen LogP contribution < -0.4 is 0 Å². The number of Topliss-reactive ketones (excluding diaryl/α,β-unsaturated/α-hetero) is 1. The van der Waals surface area contributed by atoms with Crippen LogP contribution in [-0.2, 0) is 14.4 Å². The largest absolute Gasteiger partial charge is 0.481 e.